The summed E-state index contributed by atoms with van der Waals surface area (Å²) >= 11 is 0. The zero-order valence-electron chi connectivity index (χ0n) is 6.17. The number of phenolic OH excluding ortho intramolecular Hbond substituents is 1. The Morgan fingerprint density at radius 3 is 1.80 bits per heavy atom. The van der Waals surface area contributed by atoms with Gasteiger partial charge in [0.05, 0.1) is 5.75 Å². The molecular weight excluding hydrogens is 200 g/mol. The molecule has 1 aromatic rings. The Kier molecular flexibility index (Phi) is 7.93. The minimum Gasteiger partial charge on any atom is -0.510 e. The van der Waals surface area contributed by atoms with E-state index in [0.717, 1.165) is 5.56 Å². The van der Waals surface area contributed by atoms with E-state index >= 15 is 0 Å². The normalized spacial score (nSPS) is 7.20. The van der Waals surface area contributed by atoms with Crippen LogP contribution in [0.2, 0.25) is 0 Å². The van der Waals surface area contributed by atoms with Crippen molar-refractivity contribution in [1.82, 2.24) is 0 Å². The first-order chi connectivity index (χ1) is 3.79. The van der Waals surface area contributed by atoms with Crippen LogP contribution in [0.5, 0.6) is 5.75 Å². The van der Waals surface area contributed by atoms with Gasteiger partial charge in [0.15, 0.2) is 0 Å². The summed E-state index contributed by atoms with van der Waals surface area (Å²) in [6, 6.07) is 6.75. The molecule has 1 aromatic carbocycles. The van der Waals surface area contributed by atoms with E-state index in [9.17, 15) is 0 Å². The Morgan fingerprint density at radius 2 is 1.50 bits per heavy atom. The molecule has 0 aliphatic heterocycles. The maximum atomic E-state index is 8.73. The predicted octanol–water partition coefficient (Wildman–Crippen LogP) is 1.64. The van der Waals surface area contributed by atoms with Crippen molar-refractivity contribution in [3.8, 4) is 5.75 Å². The number of hydrogen-bond donors (Lipinski definition) is 1. The number of benzene rings is 1. The molecule has 0 radical (unpaired) electrons. The SMILES string of the molecule is [CH2-]c1ccc(O)cc1.[CH3-].[Sr+2]. The van der Waals surface area contributed by atoms with Gasteiger partial charge in [-0.1, -0.05) is 12.1 Å². The van der Waals surface area contributed by atoms with Gasteiger partial charge in [0.25, 0.3) is 0 Å². The van der Waals surface area contributed by atoms with Crippen LogP contribution in [0.25, 0.3) is 0 Å². The molecule has 50 valence electrons. The second-order valence-corrected chi connectivity index (χ2v) is 1.67. The molecule has 1 N–H and O–H groups in total. The van der Waals surface area contributed by atoms with Gasteiger partial charge in [0.2, 0.25) is 0 Å². The third kappa shape index (κ3) is 4.23. The molecule has 0 aliphatic rings. The van der Waals surface area contributed by atoms with Crippen molar-refractivity contribution in [2.24, 2.45) is 0 Å². The molecule has 0 aliphatic carbocycles. The number of phenols is 1. The molecule has 0 bridgehead atoms. The Morgan fingerprint density at radius 1 is 1.10 bits per heavy atom. The first kappa shape index (κ1) is 13.0. The molecule has 1 rings (SSSR count). The van der Waals surface area contributed by atoms with Crippen LogP contribution in [0.1, 0.15) is 5.56 Å². The first-order valence-electron chi connectivity index (χ1n) is 2.40. The van der Waals surface area contributed by atoms with Gasteiger partial charge < -0.3 is 12.5 Å². The maximum absolute atomic E-state index is 8.73. The summed E-state index contributed by atoms with van der Waals surface area (Å²) in [7, 11) is 0. The van der Waals surface area contributed by atoms with E-state index in [1.165, 1.54) is 0 Å². The molecule has 0 saturated carbocycles. The van der Waals surface area contributed by atoms with Crippen LogP contribution in [-0.4, -0.2) is 50.6 Å². The fourth-order valence-electron chi connectivity index (χ4n) is 0.496. The first-order valence-corrected chi connectivity index (χ1v) is 2.40. The minimum atomic E-state index is 0. The van der Waals surface area contributed by atoms with E-state index in [1.54, 1.807) is 24.3 Å². The third-order valence-corrected chi connectivity index (χ3v) is 0.936. The van der Waals surface area contributed by atoms with E-state index in [-0.39, 0.29) is 58.7 Å². The molecule has 2 heteroatoms. The second kappa shape index (κ2) is 6.10. The van der Waals surface area contributed by atoms with Gasteiger partial charge >= 0.3 is 45.5 Å². The van der Waals surface area contributed by atoms with Crippen molar-refractivity contribution in [2.75, 3.05) is 0 Å². The molecule has 0 spiro atoms. The summed E-state index contributed by atoms with van der Waals surface area (Å²) < 4.78 is 0. The summed E-state index contributed by atoms with van der Waals surface area (Å²) in [4.78, 5) is 0. The Labute approximate surface area is 99.3 Å². The molecule has 0 fully saturated rings. The van der Waals surface area contributed by atoms with Gasteiger partial charge in [-0.15, -0.1) is 0 Å². The number of rotatable bonds is 0. The van der Waals surface area contributed by atoms with Gasteiger partial charge in [-0.05, 0) is 0 Å². The van der Waals surface area contributed by atoms with Crippen LogP contribution in [0, 0.1) is 14.4 Å². The predicted molar refractivity (Wildman–Crippen MR) is 44.7 cm³/mol. The van der Waals surface area contributed by atoms with Crippen LogP contribution in [0.15, 0.2) is 24.3 Å². The maximum Gasteiger partial charge on any atom is 2.00 e. The van der Waals surface area contributed by atoms with E-state index in [1.807, 2.05) is 0 Å². The summed E-state index contributed by atoms with van der Waals surface area (Å²) in [5, 5.41) is 8.73. The number of aromatic hydroxyl groups is 1. The topological polar surface area (TPSA) is 20.2 Å². The molecule has 0 aromatic heterocycles. The zero-order chi connectivity index (χ0) is 5.98. The average molecular weight is 210 g/mol. The molecule has 0 amide bonds. The second-order valence-electron chi connectivity index (χ2n) is 1.67. The van der Waals surface area contributed by atoms with Crippen LogP contribution in [0.3, 0.4) is 0 Å². The quantitative estimate of drug-likeness (QED) is 0.509. The monoisotopic (exact) mass is 210 g/mol. The van der Waals surface area contributed by atoms with Gasteiger partial charge in [-0.2, -0.15) is 24.6 Å². The molecule has 1 nitrogen and oxygen atoms in total. The molecule has 0 heterocycles. The zero-order valence-corrected chi connectivity index (χ0v) is 9.65. The van der Waals surface area contributed by atoms with Gasteiger partial charge in [0.1, 0.15) is 0 Å². The van der Waals surface area contributed by atoms with Crippen molar-refractivity contribution in [2.45, 2.75) is 0 Å². The molecule has 10 heavy (non-hydrogen) atoms. The summed E-state index contributed by atoms with van der Waals surface area (Å²) in [6.45, 7) is 3.65. The molecular formula is C8H10OSr. The van der Waals surface area contributed by atoms with Crippen molar-refractivity contribution >= 4 is 45.5 Å². The Balaban J connectivity index is 0. The van der Waals surface area contributed by atoms with Gasteiger partial charge in [-0.3, -0.25) is 0 Å². The Bertz CT molecular complexity index is 148. The minimum absolute atomic E-state index is 0. The van der Waals surface area contributed by atoms with Crippen molar-refractivity contribution in [1.29, 1.82) is 0 Å². The molecule has 0 saturated heterocycles. The smallest absolute Gasteiger partial charge is 0.510 e. The average Bonchev–Trinajstić information content (AvgIpc) is 1.77. The van der Waals surface area contributed by atoms with E-state index in [4.69, 9.17) is 5.11 Å². The van der Waals surface area contributed by atoms with Crippen LogP contribution in [-0.2, 0) is 0 Å². The van der Waals surface area contributed by atoms with E-state index in [2.05, 4.69) is 6.92 Å². The summed E-state index contributed by atoms with van der Waals surface area (Å²) in [6.07, 6.45) is 0. The molecule has 0 atom stereocenters. The fourth-order valence-corrected chi connectivity index (χ4v) is 0.496. The third-order valence-electron chi connectivity index (χ3n) is 0.936. The van der Waals surface area contributed by atoms with Gasteiger partial charge in [0, 0.05) is 0 Å². The largest absolute Gasteiger partial charge is 2.00 e. The summed E-state index contributed by atoms with van der Waals surface area (Å²) in [5.41, 5.74) is 0.919. The Hall–Kier alpha value is 0.371. The summed E-state index contributed by atoms with van der Waals surface area (Å²) in [5.74, 6) is 0.289. The standard InChI is InChI=1S/C7H7O.CH3.Sr/c1-6-2-4-7(8)5-3-6;;/h2-5,8H,1H2;1H3;/q2*-1;+2. The van der Waals surface area contributed by atoms with Crippen LogP contribution in [0.4, 0.5) is 0 Å². The fraction of sp³-hybridized carbons (Fsp3) is 0. The van der Waals surface area contributed by atoms with E-state index < -0.39 is 0 Å². The number of hydrogen-bond acceptors (Lipinski definition) is 1. The van der Waals surface area contributed by atoms with Crippen molar-refractivity contribution in [3.05, 3.63) is 44.2 Å². The van der Waals surface area contributed by atoms with E-state index in [0.29, 0.717) is 0 Å². The van der Waals surface area contributed by atoms with Crippen molar-refractivity contribution in [3.63, 3.8) is 0 Å². The van der Waals surface area contributed by atoms with Crippen LogP contribution < -0.4 is 0 Å². The van der Waals surface area contributed by atoms with Crippen LogP contribution >= 0.6 is 0 Å². The molecule has 0 unspecified atom stereocenters. The van der Waals surface area contributed by atoms with Crippen molar-refractivity contribution < 1.29 is 5.11 Å². The van der Waals surface area contributed by atoms with Gasteiger partial charge in [-0.25, -0.2) is 0 Å².